The lowest BCUT2D eigenvalue weighted by Gasteiger charge is -2.11. The first kappa shape index (κ1) is 14.8. The molecule has 0 heterocycles. The van der Waals surface area contributed by atoms with E-state index in [2.05, 4.69) is 4.74 Å². The van der Waals surface area contributed by atoms with Crippen molar-refractivity contribution in [3.63, 3.8) is 0 Å². The third-order valence-corrected chi connectivity index (χ3v) is 2.15. The summed E-state index contributed by atoms with van der Waals surface area (Å²) in [5, 5.41) is 0. The number of rotatable bonds is 6. The number of benzene rings is 1. The largest absolute Gasteiger partial charge is 0.491 e. The SMILES string of the molecule is C[C@H](N)c1cccc(OCCOCC(F)(F)F)c1. The summed E-state index contributed by atoms with van der Waals surface area (Å²) >= 11 is 0. The number of alkyl halides is 3. The van der Waals surface area contributed by atoms with Crippen molar-refractivity contribution < 1.29 is 22.6 Å². The number of ether oxygens (including phenoxy) is 2. The minimum atomic E-state index is -4.30. The van der Waals surface area contributed by atoms with Gasteiger partial charge in [0, 0.05) is 6.04 Å². The van der Waals surface area contributed by atoms with Gasteiger partial charge in [-0.3, -0.25) is 0 Å². The Morgan fingerprint density at radius 3 is 2.61 bits per heavy atom. The van der Waals surface area contributed by atoms with E-state index < -0.39 is 12.8 Å². The third-order valence-electron chi connectivity index (χ3n) is 2.15. The highest BCUT2D eigenvalue weighted by Crippen LogP contribution is 2.17. The Bertz CT molecular complexity index is 367. The Labute approximate surface area is 104 Å². The molecule has 0 aliphatic heterocycles. The molecule has 0 saturated carbocycles. The van der Waals surface area contributed by atoms with Gasteiger partial charge in [-0.15, -0.1) is 0 Å². The van der Waals surface area contributed by atoms with E-state index in [1.54, 1.807) is 18.2 Å². The van der Waals surface area contributed by atoms with Gasteiger partial charge in [0.2, 0.25) is 0 Å². The Morgan fingerprint density at radius 2 is 2.00 bits per heavy atom. The number of halogens is 3. The van der Waals surface area contributed by atoms with Gasteiger partial charge < -0.3 is 15.2 Å². The smallest absolute Gasteiger partial charge is 0.411 e. The Morgan fingerprint density at radius 1 is 1.28 bits per heavy atom. The summed E-state index contributed by atoms with van der Waals surface area (Å²) in [7, 11) is 0. The molecule has 1 rings (SSSR count). The van der Waals surface area contributed by atoms with E-state index in [1.165, 1.54) is 0 Å². The van der Waals surface area contributed by atoms with Crippen LogP contribution in [-0.2, 0) is 4.74 Å². The van der Waals surface area contributed by atoms with E-state index in [1.807, 2.05) is 13.0 Å². The van der Waals surface area contributed by atoms with Gasteiger partial charge in [0.15, 0.2) is 0 Å². The van der Waals surface area contributed by atoms with Crippen LogP contribution in [0.1, 0.15) is 18.5 Å². The van der Waals surface area contributed by atoms with Crippen LogP contribution in [0.25, 0.3) is 0 Å². The normalized spacial score (nSPS) is 13.4. The maximum Gasteiger partial charge on any atom is 0.411 e. The van der Waals surface area contributed by atoms with E-state index >= 15 is 0 Å². The predicted molar refractivity (Wildman–Crippen MR) is 61.4 cm³/mol. The van der Waals surface area contributed by atoms with Crippen LogP contribution in [0.2, 0.25) is 0 Å². The average Bonchev–Trinajstić information content (AvgIpc) is 2.27. The molecular weight excluding hydrogens is 247 g/mol. The van der Waals surface area contributed by atoms with Crippen molar-refractivity contribution in [1.29, 1.82) is 0 Å². The Hall–Kier alpha value is -1.27. The maximum atomic E-state index is 11.8. The standard InChI is InChI=1S/C12H16F3NO2/c1-9(16)10-3-2-4-11(7-10)18-6-5-17-8-12(13,14)15/h2-4,7,9H,5-6,8,16H2,1H3/t9-/m0/s1. The highest BCUT2D eigenvalue weighted by molar-refractivity contribution is 5.30. The van der Waals surface area contributed by atoms with E-state index in [9.17, 15) is 13.2 Å². The molecule has 6 heteroatoms. The highest BCUT2D eigenvalue weighted by Gasteiger charge is 2.27. The summed E-state index contributed by atoms with van der Waals surface area (Å²) in [6, 6.07) is 7.00. The van der Waals surface area contributed by atoms with Gasteiger partial charge in [0.1, 0.15) is 19.0 Å². The zero-order chi connectivity index (χ0) is 13.6. The fourth-order valence-electron chi connectivity index (χ4n) is 1.29. The summed E-state index contributed by atoms with van der Waals surface area (Å²) in [6.45, 7) is 0.544. The van der Waals surface area contributed by atoms with Crippen LogP contribution < -0.4 is 10.5 Å². The number of nitrogens with two attached hydrogens (primary N) is 1. The molecule has 0 fully saturated rings. The summed E-state index contributed by atoms with van der Waals surface area (Å²) in [6.07, 6.45) is -4.30. The summed E-state index contributed by atoms with van der Waals surface area (Å²) in [5.74, 6) is 0.570. The molecule has 0 amide bonds. The predicted octanol–water partition coefficient (Wildman–Crippen LogP) is 2.66. The van der Waals surface area contributed by atoms with E-state index in [0.717, 1.165) is 5.56 Å². The first-order valence-corrected chi connectivity index (χ1v) is 5.51. The zero-order valence-electron chi connectivity index (χ0n) is 10.0. The topological polar surface area (TPSA) is 44.5 Å². The quantitative estimate of drug-likeness (QED) is 0.802. The lowest BCUT2D eigenvalue weighted by Crippen LogP contribution is -2.19. The van der Waals surface area contributed by atoms with Crippen LogP contribution in [0.4, 0.5) is 13.2 Å². The molecule has 0 bridgehead atoms. The van der Waals surface area contributed by atoms with Crippen LogP contribution in [0.3, 0.4) is 0 Å². The molecule has 0 saturated heterocycles. The molecule has 0 aromatic heterocycles. The average molecular weight is 263 g/mol. The van der Waals surface area contributed by atoms with Gasteiger partial charge in [-0.1, -0.05) is 12.1 Å². The van der Waals surface area contributed by atoms with Crippen molar-refractivity contribution >= 4 is 0 Å². The summed E-state index contributed by atoms with van der Waals surface area (Å²) in [4.78, 5) is 0. The number of hydrogen-bond donors (Lipinski definition) is 1. The summed E-state index contributed by atoms with van der Waals surface area (Å²) in [5.41, 5.74) is 6.61. The first-order valence-electron chi connectivity index (χ1n) is 5.51. The molecule has 3 nitrogen and oxygen atoms in total. The fraction of sp³-hybridized carbons (Fsp3) is 0.500. The van der Waals surface area contributed by atoms with Crippen LogP contribution in [-0.4, -0.2) is 26.0 Å². The van der Waals surface area contributed by atoms with Gasteiger partial charge in [-0.25, -0.2) is 0 Å². The lowest BCUT2D eigenvalue weighted by atomic mass is 10.1. The first-order chi connectivity index (χ1) is 8.38. The molecule has 0 unspecified atom stereocenters. The second-order valence-corrected chi connectivity index (χ2v) is 3.88. The number of hydrogen-bond acceptors (Lipinski definition) is 3. The van der Waals surface area contributed by atoms with Crippen LogP contribution in [0.5, 0.6) is 5.75 Å². The molecule has 0 aliphatic rings. The van der Waals surface area contributed by atoms with Crippen LogP contribution in [0, 0.1) is 0 Å². The molecule has 1 atom stereocenters. The van der Waals surface area contributed by atoms with Crippen LogP contribution in [0.15, 0.2) is 24.3 Å². The van der Waals surface area contributed by atoms with E-state index in [4.69, 9.17) is 10.5 Å². The Kier molecular flexibility index (Phi) is 5.43. The van der Waals surface area contributed by atoms with Crippen molar-refractivity contribution in [2.45, 2.75) is 19.1 Å². The molecule has 1 aromatic carbocycles. The van der Waals surface area contributed by atoms with Crippen LogP contribution >= 0.6 is 0 Å². The van der Waals surface area contributed by atoms with Gasteiger partial charge >= 0.3 is 6.18 Å². The molecule has 0 aliphatic carbocycles. The second-order valence-electron chi connectivity index (χ2n) is 3.88. The van der Waals surface area contributed by atoms with Gasteiger partial charge in [-0.05, 0) is 24.6 Å². The lowest BCUT2D eigenvalue weighted by molar-refractivity contribution is -0.175. The molecule has 0 radical (unpaired) electrons. The summed E-state index contributed by atoms with van der Waals surface area (Å²) < 4.78 is 45.0. The Balaban J connectivity index is 2.29. The van der Waals surface area contributed by atoms with Crippen molar-refractivity contribution in [3.8, 4) is 5.75 Å². The maximum absolute atomic E-state index is 11.8. The fourth-order valence-corrected chi connectivity index (χ4v) is 1.29. The van der Waals surface area contributed by atoms with E-state index in [-0.39, 0.29) is 19.3 Å². The third kappa shape index (κ3) is 5.88. The minimum absolute atomic E-state index is 0.0679. The molecule has 2 N–H and O–H groups in total. The molecule has 102 valence electrons. The van der Waals surface area contributed by atoms with Crippen molar-refractivity contribution in [2.75, 3.05) is 19.8 Å². The minimum Gasteiger partial charge on any atom is -0.491 e. The highest BCUT2D eigenvalue weighted by atomic mass is 19.4. The van der Waals surface area contributed by atoms with Gasteiger partial charge in [0.05, 0.1) is 6.61 Å². The monoisotopic (exact) mass is 263 g/mol. The van der Waals surface area contributed by atoms with Gasteiger partial charge in [-0.2, -0.15) is 13.2 Å². The van der Waals surface area contributed by atoms with Crippen molar-refractivity contribution in [3.05, 3.63) is 29.8 Å². The molecule has 0 spiro atoms. The van der Waals surface area contributed by atoms with E-state index in [0.29, 0.717) is 5.75 Å². The van der Waals surface area contributed by atoms with Crippen molar-refractivity contribution in [2.24, 2.45) is 5.73 Å². The molecule has 18 heavy (non-hydrogen) atoms. The van der Waals surface area contributed by atoms with Gasteiger partial charge in [0.25, 0.3) is 0 Å². The van der Waals surface area contributed by atoms with Crippen molar-refractivity contribution in [1.82, 2.24) is 0 Å². The second kappa shape index (κ2) is 6.61. The molecular formula is C12H16F3NO2. The zero-order valence-corrected chi connectivity index (χ0v) is 10.0. The molecule has 1 aromatic rings.